The van der Waals surface area contributed by atoms with Crippen LogP contribution in [0.5, 0.6) is 0 Å². The van der Waals surface area contributed by atoms with Crippen molar-refractivity contribution in [2.45, 2.75) is 65.1 Å². The lowest BCUT2D eigenvalue weighted by Crippen LogP contribution is -2.44. The van der Waals surface area contributed by atoms with Crippen molar-refractivity contribution in [1.82, 2.24) is 15.5 Å². The summed E-state index contributed by atoms with van der Waals surface area (Å²) in [5.41, 5.74) is 0. The quantitative estimate of drug-likeness (QED) is 0.679. The van der Waals surface area contributed by atoms with Crippen LogP contribution in [0.1, 0.15) is 47.0 Å². The van der Waals surface area contributed by atoms with Gasteiger partial charge in [0.1, 0.15) is 0 Å². The van der Waals surface area contributed by atoms with Crippen molar-refractivity contribution >= 4 is 0 Å². The molecule has 1 heterocycles. The Morgan fingerprint density at radius 2 is 1.94 bits per heavy atom. The molecule has 102 valence electrons. The lowest BCUT2D eigenvalue weighted by atomic mass is 10.1. The molecule has 2 N–H and O–H groups in total. The normalized spacial score (nSPS) is 24.2. The van der Waals surface area contributed by atoms with Gasteiger partial charge in [-0.3, -0.25) is 0 Å². The molecule has 0 bridgehead atoms. The SMILES string of the molecule is CCN(CC)CC(C)NC(C)CC1CCCN1. The third-order valence-electron chi connectivity index (χ3n) is 3.80. The summed E-state index contributed by atoms with van der Waals surface area (Å²) in [5.74, 6) is 0. The van der Waals surface area contributed by atoms with E-state index in [2.05, 4.69) is 43.2 Å². The molecule has 0 spiro atoms. The minimum atomic E-state index is 0.589. The molecule has 3 unspecified atom stereocenters. The van der Waals surface area contributed by atoms with Gasteiger partial charge in [-0.25, -0.2) is 0 Å². The first-order chi connectivity index (χ1) is 8.15. The van der Waals surface area contributed by atoms with Crippen LogP contribution in [-0.2, 0) is 0 Å². The summed E-state index contributed by atoms with van der Waals surface area (Å²) >= 11 is 0. The van der Waals surface area contributed by atoms with E-state index in [1.54, 1.807) is 0 Å². The van der Waals surface area contributed by atoms with E-state index >= 15 is 0 Å². The van der Waals surface area contributed by atoms with Crippen LogP contribution >= 0.6 is 0 Å². The fraction of sp³-hybridized carbons (Fsp3) is 1.00. The fourth-order valence-corrected chi connectivity index (χ4v) is 2.86. The van der Waals surface area contributed by atoms with Crippen molar-refractivity contribution < 1.29 is 0 Å². The highest BCUT2D eigenvalue weighted by Gasteiger charge is 2.18. The van der Waals surface area contributed by atoms with Crippen molar-refractivity contribution in [3.05, 3.63) is 0 Å². The van der Waals surface area contributed by atoms with E-state index in [-0.39, 0.29) is 0 Å². The van der Waals surface area contributed by atoms with Gasteiger partial charge in [-0.1, -0.05) is 13.8 Å². The van der Waals surface area contributed by atoms with Gasteiger partial charge >= 0.3 is 0 Å². The highest BCUT2D eigenvalue weighted by atomic mass is 15.1. The monoisotopic (exact) mass is 241 g/mol. The Hall–Kier alpha value is -0.120. The summed E-state index contributed by atoms with van der Waals surface area (Å²) in [7, 11) is 0. The molecule has 3 nitrogen and oxygen atoms in total. The van der Waals surface area contributed by atoms with Gasteiger partial charge in [-0.2, -0.15) is 0 Å². The first-order valence-electron chi connectivity index (χ1n) is 7.37. The first-order valence-corrected chi connectivity index (χ1v) is 7.37. The van der Waals surface area contributed by atoms with E-state index in [1.807, 2.05) is 0 Å². The molecule has 1 aliphatic heterocycles. The van der Waals surface area contributed by atoms with Crippen molar-refractivity contribution in [2.24, 2.45) is 0 Å². The topological polar surface area (TPSA) is 27.3 Å². The van der Waals surface area contributed by atoms with E-state index in [9.17, 15) is 0 Å². The second-order valence-electron chi connectivity index (χ2n) is 5.48. The van der Waals surface area contributed by atoms with Crippen molar-refractivity contribution in [1.29, 1.82) is 0 Å². The largest absolute Gasteiger partial charge is 0.314 e. The van der Waals surface area contributed by atoms with Gasteiger partial charge < -0.3 is 15.5 Å². The van der Waals surface area contributed by atoms with Crippen LogP contribution in [0.2, 0.25) is 0 Å². The average Bonchev–Trinajstić information content (AvgIpc) is 2.78. The maximum absolute atomic E-state index is 3.72. The first kappa shape index (κ1) is 14.9. The molecule has 1 aliphatic rings. The number of nitrogens with zero attached hydrogens (tertiary/aromatic N) is 1. The lowest BCUT2D eigenvalue weighted by Gasteiger charge is -2.27. The average molecular weight is 241 g/mol. The number of rotatable bonds is 8. The molecule has 1 rings (SSSR count). The summed E-state index contributed by atoms with van der Waals surface area (Å²) in [4.78, 5) is 2.48. The van der Waals surface area contributed by atoms with Crippen LogP contribution in [0.15, 0.2) is 0 Å². The predicted octanol–water partition coefficient (Wildman–Crippen LogP) is 1.84. The zero-order chi connectivity index (χ0) is 12.7. The van der Waals surface area contributed by atoms with E-state index in [1.165, 1.54) is 25.8 Å². The van der Waals surface area contributed by atoms with Crippen molar-refractivity contribution in [3.63, 3.8) is 0 Å². The molecule has 0 amide bonds. The maximum Gasteiger partial charge on any atom is 0.0169 e. The number of likely N-dealkylation sites (N-methyl/N-ethyl adjacent to an activating group) is 1. The summed E-state index contributed by atoms with van der Waals surface area (Å²) in [6, 6.07) is 1.96. The van der Waals surface area contributed by atoms with Crippen molar-refractivity contribution in [3.8, 4) is 0 Å². The Morgan fingerprint density at radius 3 is 2.47 bits per heavy atom. The number of nitrogens with one attached hydrogen (secondary N) is 2. The Bertz CT molecular complexity index is 178. The van der Waals surface area contributed by atoms with Crippen LogP contribution in [0.4, 0.5) is 0 Å². The highest BCUT2D eigenvalue weighted by Crippen LogP contribution is 2.11. The molecule has 3 heteroatoms. The summed E-state index contributed by atoms with van der Waals surface area (Å²) < 4.78 is 0. The van der Waals surface area contributed by atoms with Crippen LogP contribution < -0.4 is 10.6 Å². The van der Waals surface area contributed by atoms with Crippen LogP contribution in [-0.4, -0.2) is 49.2 Å². The molecular weight excluding hydrogens is 210 g/mol. The zero-order valence-corrected chi connectivity index (χ0v) is 12.1. The van der Waals surface area contributed by atoms with E-state index in [0.717, 1.165) is 25.7 Å². The second kappa shape index (κ2) is 8.06. The molecule has 0 radical (unpaired) electrons. The van der Waals surface area contributed by atoms with Gasteiger partial charge in [-0.05, 0) is 52.7 Å². The minimum Gasteiger partial charge on any atom is -0.314 e. The summed E-state index contributed by atoms with van der Waals surface area (Å²) in [6.07, 6.45) is 3.98. The van der Waals surface area contributed by atoms with Crippen LogP contribution in [0, 0.1) is 0 Å². The van der Waals surface area contributed by atoms with Gasteiger partial charge in [0.2, 0.25) is 0 Å². The van der Waals surface area contributed by atoms with E-state index in [4.69, 9.17) is 0 Å². The number of hydrogen-bond acceptors (Lipinski definition) is 3. The summed E-state index contributed by atoms with van der Waals surface area (Å²) in [5, 5.41) is 7.30. The summed E-state index contributed by atoms with van der Waals surface area (Å²) in [6.45, 7) is 13.8. The Balaban J connectivity index is 2.17. The molecule has 1 saturated heterocycles. The Morgan fingerprint density at radius 1 is 1.24 bits per heavy atom. The maximum atomic E-state index is 3.72. The smallest absolute Gasteiger partial charge is 0.0169 e. The Labute approximate surface area is 107 Å². The van der Waals surface area contributed by atoms with Gasteiger partial charge in [0.05, 0.1) is 0 Å². The lowest BCUT2D eigenvalue weighted by molar-refractivity contribution is 0.258. The molecule has 0 saturated carbocycles. The van der Waals surface area contributed by atoms with E-state index < -0.39 is 0 Å². The van der Waals surface area contributed by atoms with Gasteiger partial charge in [0.15, 0.2) is 0 Å². The second-order valence-corrected chi connectivity index (χ2v) is 5.48. The molecule has 0 aromatic rings. The molecule has 1 fully saturated rings. The fourth-order valence-electron chi connectivity index (χ4n) is 2.86. The molecule has 3 atom stereocenters. The third kappa shape index (κ3) is 5.84. The van der Waals surface area contributed by atoms with Gasteiger partial charge in [0, 0.05) is 24.7 Å². The standard InChI is InChI=1S/C14H31N3/c1-5-17(6-2)11-13(4)16-12(3)10-14-8-7-9-15-14/h12-16H,5-11H2,1-4H3. The van der Waals surface area contributed by atoms with Crippen LogP contribution in [0.3, 0.4) is 0 Å². The minimum absolute atomic E-state index is 0.589. The molecule has 0 aliphatic carbocycles. The van der Waals surface area contributed by atoms with Gasteiger partial charge in [-0.15, -0.1) is 0 Å². The molecule has 17 heavy (non-hydrogen) atoms. The molecule has 0 aromatic carbocycles. The third-order valence-corrected chi connectivity index (χ3v) is 3.80. The van der Waals surface area contributed by atoms with Gasteiger partial charge in [0.25, 0.3) is 0 Å². The molecule has 0 aromatic heterocycles. The Kier molecular flexibility index (Phi) is 7.09. The highest BCUT2D eigenvalue weighted by molar-refractivity contribution is 4.80. The van der Waals surface area contributed by atoms with Crippen molar-refractivity contribution in [2.75, 3.05) is 26.2 Å². The predicted molar refractivity (Wildman–Crippen MR) is 75.5 cm³/mol. The number of hydrogen-bond donors (Lipinski definition) is 2. The van der Waals surface area contributed by atoms with E-state index in [0.29, 0.717) is 12.1 Å². The zero-order valence-electron chi connectivity index (χ0n) is 12.1. The molecular formula is C14H31N3. The van der Waals surface area contributed by atoms with Crippen LogP contribution in [0.25, 0.3) is 0 Å².